The summed E-state index contributed by atoms with van der Waals surface area (Å²) in [7, 11) is -3.92. The number of aryl methyl sites for hydroxylation is 1. The molecule has 0 aliphatic carbocycles. The van der Waals surface area contributed by atoms with Gasteiger partial charge in [0.05, 0.1) is 10.9 Å². The smallest absolute Gasteiger partial charge is 0.241 e. The normalized spacial score (nSPS) is 13.1. The Morgan fingerprint density at radius 3 is 2.09 bits per heavy atom. The van der Waals surface area contributed by atoms with Crippen LogP contribution in [-0.4, -0.2) is 13.0 Å². The van der Waals surface area contributed by atoms with Crippen LogP contribution in [0.4, 0.5) is 0 Å². The molecule has 33 heavy (non-hydrogen) atoms. The molecule has 0 radical (unpaired) electrons. The van der Waals surface area contributed by atoms with Crippen molar-refractivity contribution in [1.29, 1.82) is 0 Å². The van der Waals surface area contributed by atoms with Crippen LogP contribution in [0.1, 0.15) is 28.4 Å². The van der Waals surface area contributed by atoms with E-state index in [1.54, 1.807) is 36.4 Å². The molecule has 1 aromatic heterocycles. The molecule has 1 unspecified atom stereocenters. The Hall–Kier alpha value is -2.57. The average Bonchev–Trinajstić information content (AvgIpc) is 3.26. The van der Waals surface area contributed by atoms with Crippen molar-refractivity contribution < 1.29 is 8.42 Å². The number of benzene rings is 3. The summed E-state index contributed by atoms with van der Waals surface area (Å²) in [6.45, 7) is 2.45. The summed E-state index contributed by atoms with van der Waals surface area (Å²) < 4.78 is 29.9. The molecule has 1 atom stereocenters. The molecule has 1 heterocycles. The van der Waals surface area contributed by atoms with Crippen molar-refractivity contribution in [3.05, 3.63) is 126 Å². The first kappa shape index (κ1) is 23.6. The molecule has 170 valence electrons. The highest BCUT2D eigenvalue weighted by atomic mass is 35.5. The largest absolute Gasteiger partial charge is 0.345 e. The predicted octanol–water partition coefficient (Wildman–Crippen LogP) is 6.20. The van der Waals surface area contributed by atoms with Gasteiger partial charge < -0.3 is 4.57 Å². The number of nitrogens with zero attached hydrogens (tertiary/aromatic N) is 1. The maximum absolute atomic E-state index is 13.4. The molecule has 0 spiro atoms. The van der Waals surface area contributed by atoms with Gasteiger partial charge >= 0.3 is 0 Å². The standard InChI is InChI=1S/C26H24Cl2N2O2S/c1-20-14-16-23(17-15-20)33(31,32)29-25(26(27,28)22-11-6-3-7-12-22)24-13-8-18-30(24)19-21-9-4-2-5-10-21/h2-18,25,29H,19H2,1H3. The lowest BCUT2D eigenvalue weighted by molar-refractivity contribution is 0.510. The predicted molar refractivity (Wildman–Crippen MR) is 134 cm³/mol. The van der Waals surface area contributed by atoms with E-state index in [1.807, 2.05) is 78.4 Å². The summed E-state index contributed by atoms with van der Waals surface area (Å²) in [6, 6.07) is 28.4. The zero-order chi connectivity index (χ0) is 23.5. The lowest BCUT2D eigenvalue weighted by Gasteiger charge is -2.32. The van der Waals surface area contributed by atoms with E-state index >= 15 is 0 Å². The van der Waals surface area contributed by atoms with Crippen molar-refractivity contribution in [2.45, 2.75) is 28.7 Å². The molecule has 0 saturated heterocycles. The second kappa shape index (κ2) is 9.74. The highest BCUT2D eigenvalue weighted by Crippen LogP contribution is 2.46. The molecule has 3 aromatic carbocycles. The number of alkyl halides is 2. The van der Waals surface area contributed by atoms with Gasteiger partial charge in [-0.3, -0.25) is 0 Å². The summed E-state index contributed by atoms with van der Waals surface area (Å²) in [5.41, 5.74) is 3.29. The molecule has 0 saturated carbocycles. The van der Waals surface area contributed by atoms with E-state index in [2.05, 4.69) is 4.72 Å². The Morgan fingerprint density at radius 1 is 0.848 bits per heavy atom. The molecule has 0 amide bonds. The Labute approximate surface area is 204 Å². The first-order valence-corrected chi connectivity index (χ1v) is 12.7. The van der Waals surface area contributed by atoms with Crippen LogP contribution >= 0.6 is 23.2 Å². The van der Waals surface area contributed by atoms with Gasteiger partial charge in [0, 0.05) is 18.4 Å². The first-order valence-electron chi connectivity index (χ1n) is 10.5. The second-order valence-corrected chi connectivity index (χ2v) is 11.0. The van der Waals surface area contributed by atoms with Crippen molar-refractivity contribution in [3.8, 4) is 0 Å². The minimum absolute atomic E-state index is 0.150. The summed E-state index contributed by atoms with van der Waals surface area (Å²) in [5.74, 6) is 0. The SMILES string of the molecule is Cc1ccc(S(=O)(=O)NC(c2cccn2Cc2ccccc2)C(Cl)(Cl)c2ccccc2)cc1. The number of rotatable bonds is 8. The van der Waals surface area contributed by atoms with Crippen LogP contribution in [0.3, 0.4) is 0 Å². The van der Waals surface area contributed by atoms with Crippen LogP contribution in [0.2, 0.25) is 0 Å². The quantitative estimate of drug-likeness (QED) is 0.294. The third-order valence-electron chi connectivity index (χ3n) is 5.48. The van der Waals surface area contributed by atoms with Crippen molar-refractivity contribution in [2.24, 2.45) is 0 Å². The highest BCUT2D eigenvalue weighted by Gasteiger charge is 2.42. The molecule has 4 aromatic rings. The first-order chi connectivity index (χ1) is 15.8. The number of nitrogens with one attached hydrogen (secondary N) is 1. The van der Waals surface area contributed by atoms with Gasteiger partial charge in [-0.25, -0.2) is 8.42 Å². The Kier molecular flexibility index (Phi) is 6.96. The van der Waals surface area contributed by atoms with E-state index in [9.17, 15) is 8.42 Å². The monoisotopic (exact) mass is 498 g/mol. The fourth-order valence-electron chi connectivity index (χ4n) is 3.70. The van der Waals surface area contributed by atoms with Gasteiger partial charge in [0.25, 0.3) is 0 Å². The van der Waals surface area contributed by atoms with Gasteiger partial charge in [0.2, 0.25) is 10.0 Å². The maximum Gasteiger partial charge on any atom is 0.241 e. The van der Waals surface area contributed by atoms with Gasteiger partial charge in [-0.1, -0.05) is 102 Å². The van der Waals surface area contributed by atoms with Crippen molar-refractivity contribution in [1.82, 2.24) is 9.29 Å². The van der Waals surface area contributed by atoms with Crippen molar-refractivity contribution >= 4 is 33.2 Å². The maximum atomic E-state index is 13.4. The lowest BCUT2D eigenvalue weighted by atomic mass is 10.0. The Balaban J connectivity index is 1.78. The van der Waals surface area contributed by atoms with E-state index in [-0.39, 0.29) is 4.90 Å². The van der Waals surface area contributed by atoms with Crippen LogP contribution in [-0.2, 0) is 20.9 Å². The number of sulfonamides is 1. The molecule has 0 bridgehead atoms. The molecule has 0 aliphatic heterocycles. The summed E-state index contributed by atoms with van der Waals surface area (Å²) >= 11 is 13.9. The van der Waals surface area contributed by atoms with E-state index < -0.39 is 20.4 Å². The molecule has 0 fully saturated rings. The third kappa shape index (κ3) is 5.33. The number of hydrogen-bond acceptors (Lipinski definition) is 2. The minimum atomic E-state index is -3.92. The summed E-state index contributed by atoms with van der Waals surface area (Å²) in [4.78, 5) is 0.150. The molecular weight excluding hydrogens is 475 g/mol. The van der Waals surface area contributed by atoms with Crippen LogP contribution < -0.4 is 4.72 Å². The lowest BCUT2D eigenvalue weighted by Crippen LogP contribution is -2.39. The summed E-state index contributed by atoms with van der Waals surface area (Å²) in [5, 5.41) is 0. The van der Waals surface area contributed by atoms with Crippen LogP contribution in [0.25, 0.3) is 0 Å². The average molecular weight is 499 g/mol. The number of aromatic nitrogens is 1. The topological polar surface area (TPSA) is 51.1 Å². The van der Waals surface area contributed by atoms with E-state index in [1.165, 1.54) is 0 Å². The molecule has 4 nitrogen and oxygen atoms in total. The van der Waals surface area contributed by atoms with Crippen molar-refractivity contribution in [2.75, 3.05) is 0 Å². The zero-order valence-electron chi connectivity index (χ0n) is 18.0. The van der Waals surface area contributed by atoms with Crippen LogP contribution in [0.5, 0.6) is 0 Å². The van der Waals surface area contributed by atoms with Gasteiger partial charge in [0.15, 0.2) is 4.33 Å². The number of halogens is 2. The van der Waals surface area contributed by atoms with Gasteiger partial charge in [-0.05, 0) is 42.3 Å². The van der Waals surface area contributed by atoms with E-state index in [4.69, 9.17) is 23.2 Å². The fourth-order valence-corrected chi connectivity index (χ4v) is 5.65. The Bertz CT molecular complexity index is 1300. The van der Waals surface area contributed by atoms with E-state index in [0.29, 0.717) is 17.8 Å². The molecule has 0 aliphatic rings. The van der Waals surface area contributed by atoms with Crippen molar-refractivity contribution in [3.63, 3.8) is 0 Å². The second-order valence-electron chi connectivity index (χ2n) is 7.90. The summed E-state index contributed by atoms with van der Waals surface area (Å²) in [6.07, 6.45) is 1.89. The van der Waals surface area contributed by atoms with Gasteiger partial charge in [-0.2, -0.15) is 4.72 Å². The van der Waals surface area contributed by atoms with Crippen LogP contribution in [0, 0.1) is 6.92 Å². The molecule has 7 heteroatoms. The zero-order valence-corrected chi connectivity index (χ0v) is 20.4. The van der Waals surface area contributed by atoms with E-state index in [0.717, 1.165) is 11.1 Å². The third-order valence-corrected chi connectivity index (χ3v) is 7.79. The fraction of sp³-hybridized carbons (Fsp3) is 0.154. The Morgan fingerprint density at radius 2 is 1.45 bits per heavy atom. The van der Waals surface area contributed by atoms with Crippen LogP contribution in [0.15, 0.2) is 108 Å². The van der Waals surface area contributed by atoms with Gasteiger partial charge in [-0.15, -0.1) is 0 Å². The molecule has 1 N–H and O–H groups in total. The minimum Gasteiger partial charge on any atom is -0.345 e. The molecule has 4 rings (SSSR count). The number of hydrogen-bond donors (Lipinski definition) is 1. The van der Waals surface area contributed by atoms with Gasteiger partial charge in [0.1, 0.15) is 0 Å². The highest BCUT2D eigenvalue weighted by molar-refractivity contribution is 7.89. The molecular formula is C26H24Cl2N2O2S.